The van der Waals surface area contributed by atoms with Crippen molar-refractivity contribution in [3.63, 3.8) is 0 Å². The maximum atomic E-state index is 5.77. The van der Waals surface area contributed by atoms with Crippen LogP contribution in [0.25, 0.3) is 10.6 Å². The van der Waals surface area contributed by atoms with Crippen molar-refractivity contribution in [2.45, 2.75) is 0 Å². The van der Waals surface area contributed by atoms with Gasteiger partial charge in [-0.05, 0) is 22.0 Å². The molecule has 0 radical (unpaired) electrons. The topological polar surface area (TPSA) is 51.8 Å². The van der Waals surface area contributed by atoms with E-state index in [2.05, 4.69) is 25.9 Å². The average molecular weight is 291 g/mol. The van der Waals surface area contributed by atoms with Gasteiger partial charge in [0.15, 0.2) is 0 Å². The summed E-state index contributed by atoms with van der Waals surface area (Å²) in [5.74, 6) is 0. The standard InChI is InChI=1S/C8H5BrClN3S/c9-5-1-4(2-12-7(5)10)8-13-3-6(11)14-8/h1-3H,11H2. The van der Waals surface area contributed by atoms with E-state index in [1.807, 2.05) is 6.07 Å². The highest BCUT2D eigenvalue weighted by atomic mass is 79.9. The zero-order valence-electron chi connectivity index (χ0n) is 6.87. The molecule has 0 aliphatic carbocycles. The summed E-state index contributed by atoms with van der Waals surface area (Å²) in [7, 11) is 0. The second-order valence-corrected chi connectivity index (χ2v) is 4.84. The second-order valence-electron chi connectivity index (χ2n) is 2.56. The molecule has 2 heterocycles. The summed E-state index contributed by atoms with van der Waals surface area (Å²) in [5, 5.41) is 1.97. The molecule has 0 saturated heterocycles. The number of nitrogen functional groups attached to an aromatic ring is 1. The normalized spacial score (nSPS) is 10.4. The summed E-state index contributed by atoms with van der Waals surface area (Å²) in [4.78, 5) is 8.16. The fourth-order valence-electron chi connectivity index (χ4n) is 0.958. The number of aromatic nitrogens is 2. The minimum atomic E-state index is 0.443. The van der Waals surface area contributed by atoms with E-state index in [4.69, 9.17) is 17.3 Å². The molecule has 2 rings (SSSR count). The summed E-state index contributed by atoms with van der Waals surface area (Å²) in [6.07, 6.45) is 3.30. The lowest BCUT2D eigenvalue weighted by molar-refractivity contribution is 1.29. The van der Waals surface area contributed by atoms with Crippen LogP contribution in [-0.4, -0.2) is 9.97 Å². The average Bonchev–Trinajstić information content (AvgIpc) is 2.57. The Kier molecular flexibility index (Phi) is 2.71. The molecule has 72 valence electrons. The van der Waals surface area contributed by atoms with E-state index in [1.165, 1.54) is 11.3 Å². The van der Waals surface area contributed by atoms with E-state index < -0.39 is 0 Å². The quantitative estimate of drug-likeness (QED) is 0.821. The first-order chi connectivity index (χ1) is 6.66. The number of hydrogen-bond acceptors (Lipinski definition) is 4. The van der Waals surface area contributed by atoms with E-state index in [0.29, 0.717) is 10.2 Å². The Morgan fingerprint density at radius 1 is 1.36 bits per heavy atom. The monoisotopic (exact) mass is 289 g/mol. The molecule has 2 aromatic rings. The van der Waals surface area contributed by atoms with Crippen molar-refractivity contribution < 1.29 is 0 Å². The lowest BCUT2D eigenvalue weighted by Gasteiger charge is -1.97. The fourth-order valence-corrected chi connectivity index (χ4v) is 2.07. The van der Waals surface area contributed by atoms with Crippen LogP contribution in [0, 0.1) is 0 Å². The summed E-state index contributed by atoms with van der Waals surface area (Å²) in [6, 6.07) is 1.87. The Labute approximate surface area is 98.1 Å². The van der Waals surface area contributed by atoms with Crippen LogP contribution < -0.4 is 5.73 Å². The Balaban J connectivity index is 2.47. The molecule has 0 spiro atoms. The molecule has 2 N–H and O–H groups in total. The highest BCUT2D eigenvalue weighted by molar-refractivity contribution is 9.10. The van der Waals surface area contributed by atoms with Gasteiger partial charge in [0.1, 0.15) is 15.2 Å². The molecule has 2 aromatic heterocycles. The van der Waals surface area contributed by atoms with Crippen molar-refractivity contribution in [2.24, 2.45) is 0 Å². The summed E-state index contributed by atoms with van der Waals surface area (Å²) < 4.78 is 0.755. The number of thiazole rings is 1. The van der Waals surface area contributed by atoms with E-state index in [1.54, 1.807) is 12.4 Å². The number of nitrogens with two attached hydrogens (primary N) is 1. The van der Waals surface area contributed by atoms with Crippen molar-refractivity contribution in [3.05, 3.63) is 28.1 Å². The number of pyridine rings is 1. The highest BCUT2D eigenvalue weighted by Gasteiger charge is 2.06. The minimum Gasteiger partial charge on any atom is -0.389 e. The van der Waals surface area contributed by atoms with E-state index in [9.17, 15) is 0 Å². The van der Waals surface area contributed by atoms with Gasteiger partial charge in [-0.25, -0.2) is 9.97 Å². The van der Waals surface area contributed by atoms with Crippen molar-refractivity contribution in [2.75, 3.05) is 5.73 Å². The molecule has 0 bridgehead atoms. The molecule has 0 atom stereocenters. The second kappa shape index (κ2) is 3.84. The number of nitrogens with zero attached hydrogens (tertiary/aromatic N) is 2. The van der Waals surface area contributed by atoms with E-state index in [-0.39, 0.29) is 0 Å². The van der Waals surface area contributed by atoms with Crippen LogP contribution in [0.5, 0.6) is 0 Å². The smallest absolute Gasteiger partial charge is 0.143 e. The van der Waals surface area contributed by atoms with Gasteiger partial charge in [-0.15, -0.1) is 0 Å². The van der Waals surface area contributed by atoms with Gasteiger partial charge < -0.3 is 5.73 Å². The SMILES string of the molecule is Nc1cnc(-c2cnc(Cl)c(Br)c2)s1. The Hall–Kier alpha value is -0.650. The number of halogens is 2. The number of rotatable bonds is 1. The minimum absolute atomic E-state index is 0.443. The van der Waals surface area contributed by atoms with Crippen molar-refractivity contribution in [3.8, 4) is 10.6 Å². The maximum Gasteiger partial charge on any atom is 0.143 e. The Morgan fingerprint density at radius 3 is 2.71 bits per heavy atom. The van der Waals surface area contributed by atoms with Gasteiger partial charge in [-0.2, -0.15) is 0 Å². The summed E-state index contributed by atoms with van der Waals surface area (Å²) in [6.45, 7) is 0. The molecule has 14 heavy (non-hydrogen) atoms. The first-order valence-electron chi connectivity index (χ1n) is 3.69. The van der Waals surface area contributed by atoms with Gasteiger partial charge in [0.2, 0.25) is 0 Å². The largest absolute Gasteiger partial charge is 0.389 e. The molecule has 0 aliphatic heterocycles. The van der Waals surface area contributed by atoms with E-state index >= 15 is 0 Å². The van der Waals surface area contributed by atoms with Crippen molar-refractivity contribution in [1.82, 2.24) is 9.97 Å². The molecule has 0 aliphatic rings. The molecule has 0 unspecified atom stereocenters. The third-order valence-electron chi connectivity index (χ3n) is 1.57. The van der Waals surface area contributed by atoms with Crippen LogP contribution in [0.3, 0.4) is 0 Å². The molecular formula is C8H5BrClN3S. The Bertz CT molecular complexity index is 471. The van der Waals surface area contributed by atoms with Gasteiger partial charge in [0.25, 0.3) is 0 Å². The predicted molar refractivity (Wildman–Crippen MR) is 62.5 cm³/mol. The van der Waals surface area contributed by atoms with Crippen molar-refractivity contribution in [1.29, 1.82) is 0 Å². The lowest BCUT2D eigenvalue weighted by atomic mass is 10.3. The van der Waals surface area contributed by atoms with Crippen LogP contribution >= 0.6 is 38.9 Å². The number of hydrogen-bond donors (Lipinski definition) is 1. The van der Waals surface area contributed by atoms with Crippen LogP contribution in [0.2, 0.25) is 5.15 Å². The van der Waals surface area contributed by atoms with Gasteiger partial charge >= 0.3 is 0 Å². The van der Waals surface area contributed by atoms with Gasteiger partial charge in [0.05, 0.1) is 10.7 Å². The summed E-state index contributed by atoms with van der Waals surface area (Å²) in [5.41, 5.74) is 6.49. The lowest BCUT2D eigenvalue weighted by Crippen LogP contribution is -1.80. The van der Waals surface area contributed by atoms with E-state index in [0.717, 1.165) is 15.0 Å². The fraction of sp³-hybridized carbons (Fsp3) is 0. The molecule has 0 saturated carbocycles. The van der Waals surface area contributed by atoms with Gasteiger partial charge in [0, 0.05) is 11.8 Å². The van der Waals surface area contributed by atoms with Crippen molar-refractivity contribution >= 4 is 43.9 Å². The summed E-state index contributed by atoms with van der Waals surface area (Å²) >= 11 is 10.5. The van der Waals surface area contributed by atoms with Crippen LogP contribution in [0.1, 0.15) is 0 Å². The molecular weight excluding hydrogens is 286 g/mol. The van der Waals surface area contributed by atoms with Crippen LogP contribution in [0.15, 0.2) is 22.9 Å². The molecule has 0 fully saturated rings. The molecule has 3 nitrogen and oxygen atoms in total. The third kappa shape index (κ3) is 1.89. The molecule has 0 aromatic carbocycles. The van der Waals surface area contributed by atoms with Crippen LogP contribution in [0.4, 0.5) is 5.00 Å². The Morgan fingerprint density at radius 2 is 2.14 bits per heavy atom. The third-order valence-corrected chi connectivity index (χ3v) is 3.58. The predicted octanol–water partition coefficient (Wildman–Crippen LogP) is 3.20. The zero-order chi connectivity index (χ0) is 10.1. The van der Waals surface area contributed by atoms with Gasteiger partial charge in [-0.1, -0.05) is 22.9 Å². The molecule has 6 heteroatoms. The highest BCUT2D eigenvalue weighted by Crippen LogP contribution is 2.30. The molecule has 0 amide bonds. The maximum absolute atomic E-state index is 5.77. The number of anilines is 1. The van der Waals surface area contributed by atoms with Gasteiger partial charge in [-0.3, -0.25) is 0 Å². The first-order valence-corrected chi connectivity index (χ1v) is 5.68. The first kappa shape index (κ1) is 9.89. The van der Waals surface area contributed by atoms with Crippen LogP contribution in [-0.2, 0) is 0 Å². The zero-order valence-corrected chi connectivity index (χ0v) is 10.0.